The molecular formula is C12H18BrN3OS. The zero-order valence-electron chi connectivity index (χ0n) is 10.3. The van der Waals surface area contributed by atoms with Crippen LogP contribution in [-0.4, -0.2) is 48.4 Å². The first-order chi connectivity index (χ1) is 8.65. The van der Waals surface area contributed by atoms with Crippen LogP contribution in [0.1, 0.15) is 11.3 Å². The minimum absolute atomic E-state index is 0.208. The summed E-state index contributed by atoms with van der Waals surface area (Å²) in [4.78, 5) is 16.9. The lowest BCUT2D eigenvalue weighted by molar-refractivity contribution is -0.118. The van der Waals surface area contributed by atoms with Crippen molar-refractivity contribution >= 4 is 33.2 Å². The van der Waals surface area contributed by atoms with E-state index in [2.05, 4.69) is 37.2 Å². The predicted octanol–water partition coefficient (Wildman–Crippen LogP) is 1.50. The Morgan fingerprint density at radius 1 is 1.33 bits per heavy atom. The Balaban J connectivity index is 1.73. The zero-order valence-corrected chi connectivity index (χ0v) is 12.7. The highest BCUT2D eigenvalue weighted by Gasteiger charge is 2.18. The minimum Gasteiger partial charge on any atom is -0.370 e. The monoisotopic (exact) mass is 331 g/mol. The molecule has 4 nitrogen and oxygen atoms in total. The number of nitrogens with two attached hydrogens (primary N) is 1. The van der Waals surface area contributed by atoms with Gasteiger partial charge in [-0.1, -0.05) is 0 Å². The van der Waals surface area contributed by atoms with Gasteiger partial charge in [0.25, 0.3) is 0 Å². The first-order valence-electron chi connectivity index (χ1n) is 6.10. The second-order valence-corrected chi connectivity index (χ2v) is 6.38. The Hall–Kier alpha value is -0.430. The van der Waals surface area contributed by atoms with E-state index in [1.807, 2.05) is 0 Å². The fourth-order valence-corrected chi connectivity index (χ4v) is 3.60. The molecule has 2 N–H and O–H groups in total. The summed E-state index contributed by atoms with van der Waals surface area (Å²) in [6.07, 6.45) is 0.469. The van der Waals surface area contributed by atoms with Gasteiger partial charge in [-0.2, -0.15) is 0 Å². The number of halogens is 1. The Morgan fingerprint density at radius 3 is 2.56 bits per heavy atom. The molecule has 0 atom stereocenters. The van der Waals surface area contributed by atoms with Gasteiger partial charge in [0.1, 0.15) is 0 Å². The van der Waals surface area contributed by atoms with Crippen LogP contribution in [0.3, 0.4) is 0 Å². The molecule has 1 saturated heterocycles. The van der Waals surface area contributed by atoms with Crippen LogP contribution in [0.2, 0.25) is 0 Å². The van der Waals surface area contributed by atoms with Crippen molar-refractivity contribution in [2.45, 2.75) is 13.0 Å². The molecule has 6 heteroatoms. The average Bonchev–Trinajstić information content (AvgIpc) is 2.74. The number of nitrogens with zero attached hydrogens (tertiary/aromatic N) is 2. The third-order valence-corrected chi connectivity index (χ3v) is 5.11. The van der Waals surface area contributed by atoms with E-state index in [-0.39, 0.29) is 5.91 Å². The second kappa shape index (κ2) is 6.65. The van der Waals surface area contributed by atoms with Crippen molar-refractivity contribution in [3.05, 3.63) is 20.8 Å². The van der Waals surface area contributed by atoms with Crippen molar-refractivity contribution in [3.63, 3.8) is 0 Å². The maximum absolute atomic E-state index is 10.7. The fourth-order valence-electron chi connectivity index (χ4n) is 2.08. The smallest absolute Gasteiger partial charge is 0.218 e. The van der Waals surface area contributed by atoms with Gasteiger partial charge < -0.3 is 10.6 Å². The molecule has 1 amide bonds. The summed E-state index contributed by atoms with van der Waals surface area (Å²) in [5, 5.41) is 2.11. The van der Waals surface area contributed by atoms with Gasteiger partial charge in [0, 0.05) is 55.0 Å². The molecule has 0 aliphatic carbocycles. The molecule has 0 radical (unpaired) electrons. The third kappa shape index (κ3) is 4.05. The zero-order chi connectivity index (χ0) is 13.0. The van der Waals surface area contributed by atoms with Crippen LogP contribution in [-0.2, 0) is 11.3 Å². The van der Waals surface area contributed by atoms with E-state index in [0.29, 0.717) is 6.42 Å². The van der Waals surface area contributed by atoms with Crippen molar-refractivity contribution in [2.24, 2.45) is 5.73 Å². The van der Waals surface area contributed by atoms with Gasteiger partial charge >= 0.3 is 0 Å². The van der Waals surface area contributed by atoms with Gasteiger partial charge in [0.15, 0.2) is 0 Å². The lowest BCUT2D eigenvalue weighted by atomic mass is 10.2. The average molecular weight is 332 g/mol. The lowest BCUT2D eigenvalue weighted by Crippen LogP contribution is -2.46. The standard InChI is InChI=1S/C12H18BrN3OS/c13-10-2-8-18-11(10)9-16-6-4-15(5-7-16)3-1-12(14)17/h2,8H,1,3-7,9H2,(H2,14,17). The van der Waals surface area contributed by atoms with Crippen molar-refractivity contribution in [3.8, 4) is 0 Å². The van der Waals surface area contributed by atoms with Crippen LogP contribution in [0.5, 0.6) is 0 Å². The highest BCUT2D eigenvalue weighted by atomic mass is 79.9. The molecule has 2 rings (SSSR count). The van der Waals surface area contributed by atoms with Crippen molar-refractivity contribution in [1.29, 1.82) is 0 Å². The number of rotatable bonds is 5. The van der Waals surface area contributed by atoms with Crippen molar-refractivity contribution < 1.29 is 4.79 Å². The Kier molecular flexibility index (Phi) is 5.17. The highest BCUT2D eigenvalue weighted by molar-refractivity contribution is 9.10. The molecule has 100 valence electrons. The molecule has 0 unspecified atom stereocenters. The van der Waals surface area contributed by atoms with Crippen molar-refractivity contribution in [1.82, 2.24) is 9.80 Å². The summed E-state index contributed by atoms with van der Waals surface area (Å²) in [5.74, 6) is -0.208. The first kappa shape index (κ1) is 14.0. The predicted molar refractivity (Wildman–Crippen MR) is 77.5 cm³/mol. The number of hydrogen-bond acceptors (Lipinski definition) is 4. The van der Waals surface area contributed by atoms with E-state index in [9.17, 15) is 4.79 Å². The molecule has 0 bridgehead atoms. The van der Waals surface area contributed by atoms with Crippen LogP contribution in [0.25, 0.3) is 0 Å². The molecule has 0 saturated carbocycles. The van der Waals surface area contributed by atoms with Crippen LogP contribution in [0.4, 0.5) is 0 Å². The normalized spacial score (nSPS) is 18.1. The summed E-state index contributed by atoms with van der Waals surface area (Å²) in [5.41, 5.74) is 5.16. The topological polar surface area (TPSA) is 49.6 Å². The van der Waals surface area contributed by atoms with E-state index < -0.39 is 0 Å². The number of thiophene rings is 1. The lowest BCUT2D eigenvalue weighted by Gasteiger charge is -2.34. The number of amides is 1. The maximum atomic E-state index is 10.7. The molecule has 0 aromatic carbocycles. The Morgan fingerprint density at radius 2 is 2.00 bits per heavy atom. The summed E-state index contributed by atoms with van der Waals surface area (Å²) in [7, 11) is 0. The Bertz CT molecular complexity index is 402. The molecule has 1 aliphatic heterocycles. The molecule has 2 heterocycles. The second-order valence-electron chi connectivity index (χ2n) is 4.53. The summed E-state index contributed by atoms with van der Waals surface area (Å²) in [6.45, 7) is 5.98. The molecule has 0 spiro atoms. The van der Waals surface area contributed by atoms with Crippen LogP contribution in [0.15, 0.2) is 15.9 Å². The van der Waals surface area contributed by atoms with Gasteiger partial charge in [0.2, 0.25) is 5.91 Å². The van der Waals surface area contributed by atoms with Gasteiger partial charge in [0.05, 0.1) is 0 Å². The quantitative estimate of drug-likeness (QED) is 0.889. The van der Waals surface area contributed by atoms with Gasteiger partial charge in [-0.25, -0.2) is 0 Å². The number of primary amides is 1. The van der Waals surface area contributed by atoms with E-state index >= 15 is 0 Å². The number of carbonyl (C=O) groups excluding carboxylic acids is 1. The van der Waals surface area contributed by atoms with Gasteiger partial charge in [-0.3, -0.25) is 9.69 Å². The van der Waals surface area contributed by atoms with E-state index in [1.165, 1.54) is 9.35 Å². The molecular weight excluding hydrogens is 314 g/mol. The first-order valence-corrected chi connectivity index (χ1v) is 7.77. The molecule has 1 fully saturated rings. The molecule has 18 heavy (non-hydrogen) atoms. The maximum Gasteiger partial charge on any atom is 0.218 e. The van der Waals surface area contributed by atoms with Crippen LogP contribution in [0, 0.1) is 0 Å². The van der Waals surface area contributed by atoms with Crippen LogP contribution < -0.4 is 5.73 Å². The number of hydrogen-bond donors (Lipinski definition) is 1. The fraction of sp³-hybridized carbons (Fsp3) is 0.583. The molecule has 1 aromatic heterocycles. The largest absolute Gasteiger partial charge is 0.370 e. The minimum atomic E-state index is -0.208. The van der Waals surface area contributed by atoms with E-state index in [4.69, 9.17) is 5.73 Å². The number of piperazine rings is 1. The third-order valence-electron chi connectivity index (χ3n) is 3.20. The highest BCUT2D eigenvalue weighted by Crippen LogP contribution is 2.24. The SMILES string of the molecule is NC(=O)CCN1CCN(Cc2sccc2Br)CC1. The summed E-state index contributed by atoms with van der Waals surface area (Å²) >= 11 is 5.36. The molecule has 1 aliphatic rings. The van der Waals surface area contributed by atoms with Crippen molar-refractivity contribution in [2.75, 3.05) is 32.7 Å². The van der Waals surface area contributed by atoms with Gasteiger partial charge in [-0.15, -0.1) is 11.3 Å². The molecule has 1 aromatic rings. The van der Waals surface area contributed by atoms with E-state index in [0.717, 1.165) is 39.3 Å². The van der Waals surface area contributed by atoms with E-state index in [1.54, 1.807) is 11.3 Å². The number of carbonyl (C=O) groups is 1. The van der Waals surface area contributed by atoms with Gasteiger partial charge in [-0.05, 0) is 27.4 Å². The Labute approximate surface area is 120 Å². The van der Waals surface area contributed by atoms with Crippen LogP contribution >= 0.6 is 27.3 Å². The summed E-state index contributed by atoms with van der Waals surface area (Å²) < 4.78 is 1.21. The summed E-state index contributed by atoms with van der Waals surface area (Å²) in [6, 6.07) is 2.10.